The molecule has 1 aromatic rings. The zero-order chi connectivity index (χ0) is 13.2. The molecule has 1 fully saturated rings. The van der Waals surface area contributed by atoms with E-state index in [1.54, 1.807) is 0 Å². The standard InChI is InChI=1S/C15H21N3O/c1-11-6-8-18(9-7-11)15(16)17-13-10-19-14-5-3-2-4-12(13)14/h2-5,11,13H,6-10H2,1H3,(H2,16,17). The first-order valence-corrected chi connectivity index (χ1v) is 7.04. The van der Waals surface area contributed by atoms with Gasteiger partial charge in [-0.1, -0.05) is 25.1 Å². The zero-order valence-electron chi connectivity index (χ0n) is 11.4. The molecule has 0 amide bonds. The van der Waals surface area contributed by atoms with Gasteiger partial charge < -0.3 is 15.4 Å². The lowest BCUT2D eigenvalue weighted by Gasteiger charge is -2.31. The number of piperidine rings is 1. The molecule has 2 aliphatic rings. The molecule has 2 N–H and O–H groups in total. The van der Waals surface area contributed by atoms with Gasteiger partial charge in [-0.15, -0.1) is 0 Å². The molecular weight excluding hydrogens is 238 g/mol. The largest absolute Gasteiger partial charge is 0.491 e. The van der Waals surface area contributed by atoms with Gasteiger partial charge in [0, 0.05) is 18.7 Å². The maximum Gasteiger partial charge on any atom is 0.191 e. The number of hydrogen-bond acceptors (Lipinski definition) is 2. The summed E-state index contributed by atoms with van der Waals surface area (Å²) in [5.41, 5.74) is 7.30. The van der Waals surface area contributed by atoms with Crippen LogP contribution in [0.3, 0.4) is 0 Å². The summed E-state index contributed by atoms with van der Waals surface area (Å²) < 4.78 is 5.64. The lowest BCUT2D eigenvalue weighted by Crippen LogP contribution is -2.42. The summed E-state index contributed by atoms with van der Waals surface area (Å²) in [6.07, 6.45) is 2.40. The number of nitrogens with zero attached hydrogens (tertiary/aromatic N) is 2. The summed E-state index contributed by atoms with van der Waals surface area (Å²) in [6, 6.07) is 8.12. The Morgan fingerprint density at radius 3 is 2.84 bits per heavy atom. The van der Waals surface area contributed by atoms with Gasteiger partial charge in [0.05, 0.1) is 0 Å². The van der Waals surface area contributed by atoms with E-state index in [-0.39, 0.29) is 6.04 Å². The summed E-state index contributed by atoms with van der Waals surface area (Å²) in [6.45, 7) is 4.94. The first kappa shape index (κ1) is 12.3. The predicted molar refractivity (Wildman–Crippen MR) is 76.3 cm³/mol. The number of para-hydroxylation sites is 1. The van der Waals surface area contributed by atoms with Crippen molar-refractivity contribution in [3.63, 3.8) is 0 Å². The minimum Gasteiger partial charge on any atom is -0.491 e. The van der Waals surface area contributed by atoms with Crippen molar-refractivity contribution in [3.8, 4) is 5.75 Å². The molecule has 1 atom stereocenters. The molecule has 4 heteroatoms. The average Bonchev–Trinajstić information content (AvgIpc) is 2.83. The third-order valence-corrected chi connectivity index (χ3v) is 4.07. The van der Waals surface area contributed by atoms with Crippen molar-refractivity contribution in [1.82, 2.24) is 4.90 Å². The van der Waals surface area contributed by atoms with E-state index in [1.165, 1.54) is 12.8 Å². The van der Waals surface area contributed by atoms with Crippen molar-refractivity contribution in [3.05, 3.63) is 29.8 Å². The number of nitrogens with two attached hydrogens (primary N) is 1. The number of hydrogen-bond donors (Lipinski definition) is 1. The molecule has 19 heavy (non-hydrogen) atoms. The van der Waals surface area contributed by atoms with Crippen LogP contribution in [0.5, 0.6) is 5.75 Å². The summed E-state index contributed by atoms with van der Waals surface area (Å²) >= 11 is 0. The molecule has 102 valence electrons. The van der Waals surface area contributed by atoms with Gasteiger partial charge in [0.25, 0.3) is 0 Å². The SMILES string of the molecule is CC1CCN(C(N)=NC2COc3ccccc32)CC1. The highest BCUT2D eigenvalue weighted by molar-refractivity contribution is 5.78. The van der Waals surface area contributed by atoms with Crippen molar-refractivity contribution in [2.24, 2.45) is 16.6 Å². The van der Waals surface area contributed by atoms with Crippen LogP contribution in [0.1, 0.15) is 31.4 Å². The van der Waals surface area contributed by atoms with Gasteiger partial charge in [0.15, 0.2) is 5.96 Å². The third kappa shape index (κ3) is 2.53. The Bertz CT molecular complexity index is 478. The van der Waals surface area contributed by atoms with Crippen LogP contribution in [0, 0.1) is 5.92 Å². The second-order valence-corrected chi connectivity index (χ2v) is 5.52. The van der Waals surface area contributed by atoms with Crippen LogP contribution in [-0.4, -0.2) is 30.6 Å². The highest BCUT2D eigenvalue weighted by Crippen LogP contribution is 2.34. The van der Waals surface area contributed by atoms with Crippen molar-refractivity contribution >= 4 is 5.96 Å². The molecule has 1 unspecified atom stereocenters. The fourth-order valence-corrected chi connectivity index (χ4v) is 2.73. The van der Waals surface area contributed by atoms with Crippen LogP contribution in [0.2, 0.25) is 0 Å². The second kappa shape index (κ2) is 5.11. The number of fused-ring (bicyclic) bond motifs is 1. The van der Waals surface area contributed by atoms with Gasteiger partial charge in [-0.05, 0) is 24.8 Å². The van der Waals surface area contributed by atoms with E-state index < -0.39 is 0 Å². The molecule has 1 aromatic carbocycles. The molecule has 2 aliphatic heterocycles. The normalized spacial score (nSPS) is 24.2. The summed E-state index contributed by atoms with van der Waals surface area (Å²) in [4.78, 5) is 6.86. The van der Waals surface area contributed by atoms with Gasteiger partial charge in [0.1, 0.15) is 18.4 Å². The Kier molecular flexibility index (Phi) is 3.32. The van der Waals surface area contributed by atoms with E-state index in [1.807, 2.05) is 18.2 Å². The van der Waals surface area contributed by atoms with E-state index in [0.717, 1.165) is 30.3 Å². The van der Waals surface area contributed by atoms with Crippen LogP contribution in [-0.2, 0) is 0 Å². The smallest absolute Gasteiger partial charge is 0.191 e. The molecule has 0 aromatic heterocycles. The number of guanidine groups is 1. The molecule has 3 rings (SSSR count). The van der Waals surface area contributed by atoms with Crippen molar-refractivity contribution in [1.29, 1.82) is 0 Å². The second-order valence-electron chi connectivity index (χ2n) is 5.52. The van der Waals surface area contributed by atoms with Crippen LogP contribution in [0.15, 0.2) is 29.3 Å². The fraction of sp³-hybridized carbons (Fsp3) is 0.533. The van der Waals surface area contributed by atoms with Crippen molar-refractivity contribution < 1.29 is 4.74 Å². The average molecular weight is 259 g/mol. The fourth-order valence-electron chi connectivity index (χ4n) is 2.73. The Hall–Kier alpha value is -1.71. The molecule has 1 saturated heterocycles. The molecule has 0 bridgehead atoms. The minimum atomic E-state index is 0.0514. The quantitative estimate of drug-likeness (QED) is 0.621. The zero-order valence-corrected chi connectivity index (χ0v) is 11.4. The molecular formula is C15H21N3O. The molecule has 0 spiro atoms. The molecule has 0 aliphatic carbocycles. The maximum atomic E-state index is 6.15. The van der Waals surface area contributed by atoms with Crippen LogP contribution in [0.25, 0.3) is 0 Å². The van der Waals surface area contributed by atoms with E-state index in [0.29, 0.717) is 12.6 Å². The number of ether oxygens (including phenoxy) is 1. The Morgan fingerprint density at radius 1 is 1.32 bits per heavy atom. The molecule has 0 saturated carbocycles. The highest BCUT2D eigenvalue weighted by Gasteiger charge is 2.25. The lowest BCUT2D eigenvalue weighted by atomic mass is 10.00. The Balaban J connectivity index is 1.72. The lowest BCUT2D eigenvalue weighted by molar-refractivity contribution is 0.275. The number of likely N-dealkylation sites (tertiary alicyclic amines) is 1. The molecule has 2 heterocycles. The molecule has 0 radical (unpaired) electrons. The van der Waals surface area contributed by atoms with Gasteiger partial charge in [0.2, 0.25) is 0 Å². The number of aliphatic imine (C=N–C) groups is 1. The van der Waals surface area contributed by atoms with Crippen molar-refractivity contribution in [2.45, 2.75) is 25.8 Å². The number of benzene rings is 1. The van der Waals surface area contributed by atoms with Crippen LogP contribution < -0.4 is 10.5 Å². The summed E-state index contributed by atoms with van der Waals surface area (Å²) in [5.74, 6) is 2.41. The maximum absolute atomic E-state index is 6.15. The van der Waals surface area contributed by atoms with Gasteiger partial charge in [-0.25, -0.2) is 4.99 Å². The monoisotopic (exact) mass is 259 g/mol. The Morgan fingerprint density at radius 2 is 2.05 bits per heavy atom. The predicted octanol–water partition coefficient (Wildman–Crippen LogP) is 2.17. The van der Waals surface area contributed by atoms with Crippen LogP contribution in [0.4, 0.5) is 0 Å². The van der Waals surface area contributed by atoms with E-state index in [4.69, 9.17) is 10.5 Å². The topological polar surface area (TPSA) is 50.8 Å². The van der Waals surface area contributed by atoms with Crippen molar-refractivity contribution in [2.75, 3.05) is 19.7 Å². The Labute approximate surface area is 114 Å². The number of rotatable bonds is 1. The van der Waals surface area contributed by atoms with Gasteiger partial charge in [-0.2, -0.15) is 0 Å². The minimum absolute atomic E-state index is 0.0514. The van der Waals surface area contributed by atoms with Gasteiger partial charge in [-0.3, -0.25) is 0 Å². The van der Waals surface area contributed by atoms with E-state index >= 15 is 0 Å². The van der Waals surface area contributed by atoms with Gasteiger partial charge >= 0.3 is 0 Å². The van der Waals surface area contributed by atoms with E-state index in [9.17, 15) is 0 Å². The first-order valence-electron chi connectivity index (χ1n) is 7.04. The summed E-state index contributed by atoms with van der Waals surface area (Å²) in [5, 5.41) is 0. The third-order valence-electron chi connectivity index (χ3n) is 4.07. The van der Waals surface area contributed by atoms with Crippen LogP contribution >= 0.6 is 0 Å². The van der Waals surface area contributed by atoms with E-state index in [2.05, 4.69) is 22.9 Å². The summed E-state index contributed by atoms with van der Waals surface area (Å²) in [7, 11) is 0. The molecule has 4 nitrogen and oxygen atoms in total. The highest BCUT2D eigenvalue weighted by atomic mass is 16.5. The first-order chi connectivity index (χ1) is 9.24.